The first-order chi connectivity index (χ1) is 18.9. The monoisotopic (exact) mass is 599 g/mol. The second-order valence-electron chi connectivity index (χ2n) is 9.45. The van der Waals surface area contributed by atoms with Crippen LogP contribution in [0.1, 0.15) is 32.3 Å². The summed E-state index contributed by atoms with van der Waals surface area (Å²) < 4.78 is 95.9. The van der Waals surface area contributed by atoms with E-state index in [0.29, 0.717) is 42.7 Å². The molecule has 0 radical (unpaired) electrons. The number of alkyl halides is 3. The van der Waals surface area contributed by atoms with Gasteiger partial charge in [0.2, 0.25) is 10.0 Å². The summed E-state index contributed by atoms with van der Waals surface area (Å²) in [5.74, 6) is 0. The Labute approximate surface area is 232 Å². The number of rotatable bonds is 10. The van der Waals surface area contributed by atoms with Crippen molar-refractivity contribution in [2.45, 2.75) is 37.8 Å². The number of pyridine rings is 1. The molecule has 9 nitrogen and oxygen atoms in total. The Morgan fingerprint density at radius 2 is 1.48 bits per heavy atom. The standard InChI is InChI=1S/C26H32F3N5O4S2/c1-3-13-33(14-4-2)40(37,38)34-17-15-32(16-18-34)39(35,36)22-8-6-21(7-9-22)31-24-11-12-30-25-19-20(26(27,28)29)5-10-23(24)25/h5-12,19H,3-4,13-18H2,1-2H3,(H,30,31). The van der Waals surface area contributed by atoms with Crippen LogP contribution in [0, 0.1) is 0 Å². The number of piperazine rings is 1. The summed E-state index contributed by atoms with van der Waals surface area (Å²) in [6.45, 7) is 4.86. The van der Waals surface area contributed by atoms with Crippen molar-refractivity contribution in [1.82, 2.24) is 17.9 Å². The minimum absolute atomic E-state index is 0.0383. The highest BCUT2D eigenvalue weighted by Crippen LogP contribution is 2.33. The number of hydrogen-bond donors (Lipinski definition) is 1. The van der Waals surface area contributed by atoms with Crippen LogP contribution in [0.2, 0.25) is 0 Å². The van der Waals surface area contributed by atoms with E-state index in [2.05, 4.69) is 10.3 Å². The number of anilines is 2. The lowest BCUT2D eigenvalue weighted by molar-refractivity contribution is -0.137. The van der Waals surface area contributed by atoms with Crippen molar-refractivity contribution in [3.05, 3.63) is 60.3 Å². The van der Waals surface area contributed by atoms with Gasteiger partial charge < -0.3 is 5.32 Å². The van der Waals surface area contributed by atoms with Crippen molar-refractivity contribution in [2.75, 3.05) is 44.6 Å². The summed E-state index contributed by atoms with van der Waals surface area (Å²) in [5.41, 5.74) is 0.436. The molecule has 0 bridgehead atoms. The molecule has 1 aromatic heterocycles. The first kappa shape index (κ1) is 30.2. The topological polar surface area (TPSA) is 103 Å². The number of hydrogen-bond acceptors (Lipinski definition) is 6. The van der Waals surface area contributed by atoms with Gasteiger partial charge in [-0.25, -0.2) is 8.42 Å². The molecule has 1 N–H and O–H groups in total. The molecule has 4 rings (SSSR count). The zero-order valence-electron chi connectivity index (χ0n) is 22.2. The maximum Gasteiger partial charge on any atom is 0.416 e. The number of fused-ring (bicyclic) bond motifs is 1. The number of sulfonamides is 1. The molecular weight excluding hydrogens is 567 g/mol. The van der Waals surface area contributed by atoms with Crippen molar-refractivity contribution in [3.63, 3.8) is 0 Å². The molecule has 2 aromatic carbocycles. The van der Waals surface area contributed by atoms with Gasteiger partial charge in [0.25, 0.3) is 10.2 Å². The largest absolute Gasteiger partial charge is 0.416 e. The summed E-state index contributed by atoms with van der Waals surface area (Å²) >= 11 is 0. The lowest BCUT2D eigenvalue weighted by atomic mass is 10.1. The Kier molecular flexibility index (Phi) is 9.05. The van der Waals surface area contributed by atoms with Crippen molar-refractivity contribution >= 4 is 42.5 Å². The Morgan fingerprint density at radius 3 is 2.05 bits per heavy atom. The Morgan fingerprint density at radius 1 is 0.875 bits per heavy atom. The zero-order valence-corrected chi connectivity index (χ0v) is 23.9. The van der Waals surface area contributed by atoms with E-state index >= 15 is 0 Å². The molecule has 1 saturated heterocycles. The molecule has 14 heteroatoms. The fourth-order valence-corrected chi connectivity index (χ4v) is 7.79. The van der Waals surface area contributed by atoms with Gasteiger partial charge in [0.15, 0.2) is 0 Å². The summed E-state index contributed by atoms with van der Waals surface area (Å²) in [4.78, 5) is 4.09. The number of nitrogens with one attached hydrogen (secondary N) is 1. The summed E-state index contributed by atoms with van der Waals surface area (Å²) in [6.07, 6.45) is -1.71. The summed E-state index contributed by atoms with van der Waals surface area (Å²) in [7, 11) is -7.53. The minimum Gasteiger partial charge on any atom is -0.355 e. The van der Waals surface area contributed by atoms with E-state index in [9.17, 15) is 30.0 Å². The van der Waals surface area contributed by atoms with Gasteiger partial charge >= 0.3 is 6.18 Å². The van der Waals surface area contributed by atoms with Gasteiger partial charge in [0, 0.05) is 62.2 Å². The van der Waals surface area contributed by atoms with Crippen LogP contribution in [0.4, 0.5) is 24.5 Å². The second kappa shape index (κ2) is 12.0. The molecule has 0 amide bonds. The van der Waals surface area contributed by atoms with E-state index in [1.807, 2.05) is 13.8 Å². The lowest BCUT2D eigenvalue weighted by Crippen LogP contribution is -2.54. The van der Waals surface area contributed by atoms with Crippen molar-refractivity contribution in [1.29, 1.82) is 0 Å². The third kappa shape index (κ3) is 6.41. The molecule has 2 heterocycles. The van der Waals surface area contributed by atoms with Crippen molar-refractivity contribution < 1.29 is 30.0 Å². The van der Waals surface area contributed by atoms with Gasteiger partial charge in [-0.05, 0) is 55.3 Å². The SMILES string of the molecule is CCCN(CCC)S(=O)(=O)N1CCN(S(=O)(=O)c2ccc(Nc3ccnc4cc(C(F)(F)F)ccc34)cc2)CC1. The van der Waals surface area contributed by atoms with Gasteiger partial charge in [-0.15, -0.1) is 0 Å². The van der Waals surface area contributed by atoms with E-state index < -0.39 is 32.0 Å². The van der Waals surface area contributed by atoms with Gasteiger partial charge in [-0.2, -0.15) is 34.5 Å². The van der Waals surface area contributed by atoms with Gasteiger partial charge in [0.1, 0.15) is 0 Å². The highest BCUT2D eigenvalue weighted by molar-refractivity contribution is 7.89. The van der Waals surface area contributed by atoms with E-state index in [1.54, 1.807) is 18.2 Å². The van der Waals surface area contributed by atoms with Crippen LogP contribution in [0.15, 0.2) is 59.6 Å². The van der Waals surface area contributed by atoms with Crippen LogP contribution < -0.4 is 5.32 Å². The normalized spacial score (nSPS) is 16.1. The van der Waals surface area contributed by atoms with Crippen LogP contribution in [-0.4, -0.2) is 74.0 Å². The Bertz CT molecular complexity index is 1530. The van der Waals surface area contributed by atoms with E-state index in [-0.39, 0.29) is 36.6 Å². The number of benzene rings is 2. The van der Waals surface area contributed by atoms with Crippen LogP contribution in [0.3, 0.4) is 0 Å². The highest BCUT2D eigenvalue weighted by Gasteiger charge is 2.35. The van der Waals surface area contributed by atoms with Gasteiger partial charge in [-0.3, -0.25) is 4.98 Å². The lowest BCUT2D eigenvalue weighted by Gasteiger charge is -2.36. The number of aromatic nitrogens is 1. The molecule has 0 spiro atoms. The molecule has 1 fully saturated rings. The molecular formula is C26H32F3N5O4S2. The second-order valence-corrected chi connectivity index (χ2v) is 13.3. The highest BCUT2D eigenvalue weighted by atomic mass is 32.2. The van der Waals surface area contributed by atoms with Crippen LogP contribution in [-0.2, 0) is 26.4 Å². The molecule has 3 aromatic rings. The maximum atomic E-state index is 13.3. The molecule has 218 valence electrons. The third-order valence-corrected chi connectivity index (χ3v) is 10.6. The smallest absolute Gasteiger partial charge is 0.355 e. The summed E-state index contributed by atoms with van der Waals surface area (Å²) in [6, 6.07) is 10.9. The average molecular weight is 600 g/mol. The van der Waals surface area contributed by atoms with E-state index in [4.69, 9.17) is 0 Å². The first-order valence-electron chi connectivity index (χ1n) is 13.0. The molecule has 0 atom stereocenters. The first-order valence-corrected chi connectivity index (χ1v) is 15.8. The van der Waals surface area contributed by atoms with Crippen LogP contribution >= 0.6 is 0 Å². The average Bonchev–Trinajstić information content (AvgIpc) is 2.92. The zero-order chi connectivity index (χ0) is 29.1. The molecule has 40 heavy (non-hydrogen) atoms. The van der Waals surface area contributed by atoms with E-state index in [0.717, 1.165) is 12.1 Å². The predicted molar refractivity (Wildman–Crippen MR) is 148 cm³/mol. The molecule has 0 unspecified atom stereocenters. The fourth-order valence-electron chi connectivity index (χ4n) is 4.59. The number of halogens is 3. The quantitative estimate of drug-likeness (QED) is 0.364. The Balaban J connectivity index is 1.45. The van der Waals surface area contributed by atoms with Crippen molar-refractivity contribution in [3.8, 4) is 0 Å². The Hall–Kier alpha value is -2.78. The molecule has 1 aliphatic heterocycles. The third-order valence-electron chi connectivity index (χ3n) is 6.64. The summed E-state index contributed by atoms with van der Waals surface area (Å²) in [5, 5.41) is 3.59. The van der Waals surface area contributed by atoms with Crippen LogP contribution in [0.5, 0.6) is 0 Å². The van der Waals surface area contributed by atoms with E-state index in [1.165, 1.54) is 37.3 Å². The minimum atomic E-state index is -4.48. The van der Waals surface area contributed by atoms with Crippen molar-refractivity contribution in [2.24, 2.45) is 0 Å². The van der Waals surface area contributed by atoms with Crippen LogP contribution in [0.25, 0.3) is 10.9 Å². The van der Waals surface area contributed by atoms with Gasteiger partial charge in [0.05, 0.1) is 16.0 Å². The molecule has 0 aliphatic carbocycles. The fraction of sp³-hybridized carbons (Fsp3) is 0.423. The maximum absolute atomic E-state index is 13.3. The predicted octanol–water partition coefficient (Wildman–Crippen LogP) is 4.67. The number of nitrogens with zero attached hydrogens (tertiary/aromatic N) is 4. The molecule has 1 aliphatic rings. The molecule has 0 saturated carbocycles. The van der Waals surface area contributed by atoms with Gasteiger partial charge in [-0.1, -0.05) is 19.9 Å².